The third-order valence-electron chi connectivity index (χ3n) is 3.78. The summed E-state index contributed by atoms with van der Waals surface area (Å²) in [4.78, 5) is 2.40. The van der Waals surface area contributed by atoms with E-state index in [0.717, 1.165) is 42.1 Å². The highest BCUT2D eigenvalue weighted by molar-refractivity contribution is 7.89. The Hall–Kier alpha value is -0.430. The number of nitrogens with one attached hydrogen (secondary N) is 2. The number of rotatable bonds is 6. The summed E-state index contributed by atoms with van der Waals surface area (Å²) >= 11 is 1.56. The molecule has 6 heteroatoms. The Morgan fingerprint density at radius 1 is 1.40 bits per heavy atom. The lowest BCUT2D eigenvalue weighted by Gasteiger charge is -2.12. The quantitative estimate of drug-likeness (QED) is 0.848. The van der Waals surface area contributed by atoms with Gasteiger partial charge in [0.25, 0.3) is 0 Å². The molecular weight excluding hydrogens is 292 g/mol. The van der Waals surface area contributed by atoms with Crippen molar-refractivity contribution in [2.24, 2.45) is 5.92 Å². The van der Waals surface area contributed by atoms with E-state index in [1.54, 1.807) is 11.3 Å². The van der Waals surface area contributed by atoms with Crippen molar-refractivity contribution in [3.8, 4) is 0 Å². The van der Waals surface area contributed by atoms with Crippen LogP contribution in [0.5, 0.6) is 0 Å². The van der Waals surface area contributed by atoms with Gasteiger partial charge >= 0.3 is 0 Å². The van der Waals surface area contributed by atoms with Crippen molar-refractivity contribution in [2.45, 2.75) is 57.5 Å². The molecule has 0 saturated heterocycles. The molecule has 20 heavy (non-hydrogen) atoms. The summed E-state index contributed by atoms with van der Waals surface area (Å²) in [6.07, 6.45) is 3.02. The molecule has 1 fully saturated rings. The summed E-state index contributed by atoms with van der Waals surface area (Å²) in [5.41, 5.74) is 0. The van der Waals surface area contributed by atoms with Crippen LogP contribution in [0, 0.1) is 12.8 Å². The second kappa shape index (κ2) is 6.56. The zero-order chi connectivity index (χ0) is 14.8. The van der Waals surface area contributed by atoms with Crippen LogP contribution in [0.15, 0.2) is 11.0 Å². The van der Waals surface area contributed by atoms with Crippen molar-refractivity contribution in [3.63, 3.8) is 0 Å². The molecule has 114 valence electrons. The third-order valence-corrected chi connectivity index (χ3v) is 6.61. The first kappa shape index (κ1) is 15.9. The molecule has 1 aliphatic rings. The van der Waals surface area contributed by atoms with Gasteiger partial charge in [-0.15, -0.1) is 11.3 Å². The fourth-order valence-corrected chi connectivity index (χ4v) is 5.61. The van der Waals surface area contributed by atoms with Gasteiger partial charge in [0.1, 0.15) is 0 Å². The maximum Gasteiger partial charge on any atom is 0.241 e. The van der Waals surface area contributed by atoms with E-state index in [1.807, 2.05) is 19.9 Å². The number of sulfonamides is 1. The molecule has 0 spiro atoms. The minimum Gasteiger partial charge on any atom is -0.312 e. The molecule has 0 radical (unpaired) electrons. The standard InChI is InChI=1S/C14H24N2O2S2/c1-4-15-9-13-8-14(11(3)19-13)20(17,18)16-12-6-5-10(2)7-12/h8,10,12,15-16H,4-7,9H2,1-3H3. The molecule has 1 aromatic heterocycles. The fourth-order valence-electron chi connectivity index (χ4n) is 2.72. The fraction of sp³-hybridized carbons (Fsp3) is 0.714. The van der Waals surface area contributed by atoms with Crippen LogP contribution >= 0.6 is 11.3 Å². The first-order chi connectivity index (χ1) is 9.42. The van der Waals surface area contributed by atoms with E-state index in [9.17, 15) is 8.42 Å². The van der Waals surface area contributed by atoms with Crippen LogP contribution in [0.25, 0.3) is 0 Å². The lowest BCUT2D eigenvalue weighted by atomic mass is 10.1. The highest BCUT2D eigenvalue weighted by atomic mass is 32.2. The SMILES string of the molecule is CCNCc1cc(S(=O)(=O)NC2CCC(C)C2)c(C)s1. The number of aryl methyl sites for hydroxylation is 1. The Balaban J connectivity index is 2.10. The molecule has 2 atom stereocenters. The van der Waals surface area contributed by atoms with Gasteiger partial charge < -0.3 is 5.32 Å². The second-order valence-corrected chi connectivity index (χ2v) is 8.67. The van der Waals surface area contributed by atoms with Crippen LogP contribution in [0.1, 0.15) is 42.9 Å². The zero-order valence-corrected chi connectivity index (χ0v) is 14.0. The first-order valence-corrected chi connectivity index (χ1v) is 9.54. The Morgan fingerprint density at radius 3 is 2.75 bits per heavy atom. The number of thiophene rings is 1. The monoisotopic (exact) mass is 316 g/mol. The van der Waals surface area contributed by atoms with Crippen LogP contribution in [0.2, 0.25) is 0 Å². The molecule has 0 amide bonds. The molecular formula is C14H24N2O2S2. The van der Waals surface area contributed by atoms with Gasteiger partial charge in [0, 0.05) is 22.3 Å². The lowest BCUT2D eigenvalue weighted by Crippen LogP contribution is -2.33. The van der Waals surface area contributed by atoms with Crippen LogP contribution in [0.3, 0.4) is 0 Å². The number of hydrogen-bond acceptors (Lipinski definition) is 4. The van der Waals surface area contributed by atoms with E-state index in [0.29, 0.717) is 10.8 Å². The summed E-state index contributed by atoms with van der Waals surface area (Å²) < 4.78 is 27.8. The summed E-state index contributed by atoms with van der Waals surface area (Å²) in [5, 5.41) is 3.23. The largest absolute Gasteiger partial charge is 0.312 e. The van der Waals surface area contributed by atoms with Crippen LogP contribution < -0.4 is 10.0 Å². The minimum atomic E-state index is -3.37. The van der Waals surface area contributed by atoms with Crippen molar-refractivity contribution in [1.82, 2.24) is 10.0 Å². The molecule has 1 aromatic rings. The Morgan fingerprint density at radius 2 is 2.15 bits per heavy atom. The predicted molar refractivity (Wildman–Crippen MR) is 83.6 cm³/mol. The third kappa shape index (κ3) is 3.81. The predicted octanol–water partition coefficient (Wildman–Crippen LogP) is 2.63. The van der Waals surface area contributed by atoms with E-state index in [2.05, 4.69) is 17.0 Å². The van der Waals surface area contributed by atoms with E-state index in [4.69, 9.17) is 0 Å². The average molecular weight is 316 g/mol. The highest BCUT2D eigenvalue weighted by Crippen LogP contribution is 2.29. The molecule has 4 nitrogen and oxygen atoms in total. The highest BCUT2D eigenvalue weighted by Gasteiger charge is 2.28. The maximum absolute atomic E-state index is 12.5. The maximum atomic E-state index is 12.5. The Bertz CT molecular complexity index is 552. The molecule has 1 saturated carbocycles. The number of hydrogen-bond donors (Lipinski definition) is 2. The average Bonchev–Trinajstić information content (AvgIpc) is 2.93. The van der Waals surface area contributed by atoms with Gasteiger partial charge in [-0.05, 0) is 44.7 Å². The molecule has 2 N–H and O–H groups in total. The van der Waals surface area contributed by atoms with E-state index < -0.39 is 10.0 Å². The summed E-state index contributed by atoms with van der Waals surface area (Å²) in [6, 6.07) is 1.91. The van der Waals surface area contributed by atoms with Gasteiger partial charge in [-0.3, -0.25) is 0 Å². The summed E-state index contributed by atoms with van der Waals surface area (Å²) in [5.74, 6) is 0.621. The zero-order valence-electron chi connectivity index (χ0n) is 12.4. The molecule has 0 bridgehead atoms. The molecule has 1 aliphatic carbocycles. The van der Waals surface area contributed by atoms with Crippen molar-refractivity contribution < 1.29 is 8.42 Å². The van der Waals surface area contributed by atoms with Crippen LogP contribution in [0.4, 0.5) is 0 Å². The molecule has 2 unspecified atom stereocenters. The van der Waals surface area contributed by atoms with Crippen LogP contribution in [-0.2, 0) is 16.6 Å². The molecule has 2 rings (SSSR count). The van der Waals surface area contributed by atoms with Gasteiger partial charge in [0.2, 0.25) is 10.0 Å². The summed E-state index contributed by atoms with van der Waals surface area (Å²) in [7, 11) is -3.37. The normalized spacial score (nSPS) is 23.4. The van der Waals surface area contributed by atoms with Crippen molar-refractivity contribution in [1.29, 1.82) is 0 Å². The van der Waals surface area contributed by atoms with E-state index in [1.165, 1.54) is 0 Å². The Labute approximate surface area is 126 Å². The lowest BCUT2D eigenvalue weighted by molar-refractivity contribution is 0.538. The molecule has 1 heterocycles. The van der Waals surface area contributed by atoms with Gasteiger partial charge in [0.15, 0.2) is 0 Å². The molecule has 0 aliphatic heterocycles. The van der Waals surface area contributed by atoms with Crippen molar-refractivity contribution in [2.75, 3.05) is 6.54 Å². The minimum absolute atomic E-state index is 0.103. The second-order valence-electron chi connectivity index (χ2n) is 5.65. The summed E-state index contributed by atoms with van der Waals surface area (Å²) in [6.45, 7) is 7.72. The molecule has 0 aromatic carbocycles. The van der Waals surface area contributed by atoms with Gasteiger partial charge in [0.05, 0.1) is 4.90 Å². The van der Waals surface area contributed by atoms with Gasteiger partial charge in [-0.1, -0.05) is 13.8 Å². The van der Waals surface area contributed by atoms with E-state index >= 15 is 0 Å². The van der Waals surface area contributed by atoms with Crippen LogP contribution in [-0.4, -0.2) is 21.0 Å². The smallest absolute Gasteiger partial charge is 0.241 e. The topological polar surface area (TPSA) is 58.2 Å². The van der Waals surface area contributed by atoms with Crippen molar-refractivity contribution >= 4 is 21.4 Å². The first-order valence-electron chi connectivity index (χ1n) is 7.24. The Kier molecular flexibility index (Phi) is 5.23. The van der Waals surface area contributed by atoms with Crippen molar-refractivity contribution in [3.05, 3.63) is 15.8 Å². The van der Waals surface area contributed by atoms with Gasteiger partial charge in [-0.2, -0.15) is 0 Å². The van der Waals surface area contributed by atoms with E-state index in [-0.39, 0.29) is 6.04 Å². The van der Waals surface area contributed by atoms with Gasteiger partial charge in [-0.25, -0.2) is 13.1 Å².